The zero-order valence-corrected chi connectivity index (χ0v) is 20.8. The van der Waals surface area contributed by atoms with E-state index in [1.807, 2.05) is 30.3 Å². The molecule has 1 aliphatic rings. The van der Waals surface area contributed by atoms with Crippen molar-refractivity contribution in [1.29, 1.82) is 0 Å². The highest BCUT2D eigenvalue weighted by Gasteiger charge is 2.23. The summed E-state index contributed by atoms with van der Waals surface area (Å²) in [6, 6.07) is 16.2. The first-order valence-corrected chi connectivity index (χ1v) is 12.5. The lowest BCUT2D eigenvalue weighted by atomic mass is 10.00. The first kappa shape index (κ1) is 26.6. The Bertz CT molecular complexity index is 1200. The van der Waals surface area contributed by atoms with E-state index in [0.29, 0.717) is 30.0 Å². The Balaban J connectivity index is 1.37. The Labute approximate surface area is 215 Å². The number of hydrogen-bond donors (Lipinski definition) is 3. The number of aryl methyl sites for hydroxylation is 2. The number of halogens is 2. The number of aliphatic hydroxyl groups excluding tert-OH is 1. The van der Waals surface area contributed by atoms with Gasteiger partial charge in [-0.25, -0.2) is 8.78 Å². The van der Waals surface area contributed by atoms with Gasteiger partial charge in [-0.2, -0.15) is 0 Å². The van der Waals surface area contributed by atoms with Crippen LogP contribution in [0.25, 0.3) is 0 Å². The van der Waals surface area contributed by atoms with Crippen LogP contribution in [0.3, 0.4) is 0 Å². The number of fused-ring (bicyclic) bond motifs is 1. The van der Waals surface area contributed by atoms with Crippen LogP contribution in [0, 0.1) is 11.6 Å². The number of carbonyl (C=O) groups excluding carboxylic acids is 1. The summed E-state index contributed by atoms with van der Waals surface area (Å²) in [4.78, 5) is 12.8. The minimum absolute atomic E-state index is 0.0820. The lowest BCUT2D eigenvalue weighted by Gasteiger charge is -2.25. The Morgan fingerprint density at radius 1 is 0.946 bits per heavy atom. The van der Waals surface area contributed by atoms with Gasteiger partial charge < -0.3 is 25.2 Å². The molecule has 2 atom stereocenters. The Morgan fingerprint density at radius 3 is 2.49 bits per heavy atom. The predicted molar refractivity (Wildman–Crippen MR) is 136 cm³/mol. The minimum atomic E-state index is -0.977. The standard InChI is InChI=1S/C29H32F2N2O4/c1-2-19-4-3-5-21(10-19)16-32-17-26(34)25(13-22-11-23(30)15-24(31)12-22)33-29(35)9-7-20-6-8-27-28(14-20)37-18-36-27/h3-6,8,10-12,14-15,25-26,32,34H,2,7,9,13,16-18H2,1H3,(H,33,35). The van der Waals surface area contributed by atoms with E-state index in [2.05, 4.69) is 29.7 Å². The van der Waals surface area contributed by atoms with Crippen molar-refractivity contribution in [3.05, 3.63) is 94.6 Å². The molecule has 0 fully saturated rings. The number of ether oxygens (including phenoxy) is 2. The van der Waals surface area contributed by atoms with Gasteiger partial charge >= 0.3 is 0 Å². The van der Waals surface area contributed by atoms with Gasteiger partial charge in [-0.1, -0.05) is 37.3 Å². The number of amides is 1. The largest absolute Gasteiger partial charge is 0.454 e. The van der Waals surface area contributed by atoms with Crippen LogP contribution in [-0.4, -0.2) is 36.5 Å². The second kappa shape index (κ2) is 12.7. The zero-order valence-electron chi connectivity index (χ0n) is 20.8. The fourth-order valence-electron chi connectivity index (χ4n) is 4.37. The average molecular weight is 511 g/mol. The maximum absolute atomic E-state index is 13.8. The molecule has 2 unspecified atom stereocenters. The highest BCUT2D eigenvalue weighted by molar-refractivity contribution is 5.76. The molecule has 4 rings (SSSR count). The molecule has 1 heterocycles. The van der Waals surface area contributed by atoms with Crippen molar-refractivity contribution in [2.75, 3.05) is 13.3 Å². The minimum Gasteiger partial charge on any atom is -0.454 e. The maximum atomic E-state index is 13.8. The SMILES string of the molecule is CCc1cccc(CNCC(O)C(Cc2cc(F)cc(F)c2)NC(=O)CCc2ccc3c(c2)OCO3)c1. The first-order chi connectivity index (χ1) is 17.9. The third kappa shape index (κ3) is 7.74. The molecule has 1 aliphatic heterocycles. The van der Waals surface area contributed by atoms with Gasteiger partial charge in [-0.15, -0.1) is 0 Å². The van der Waals surface area contributed by atoms with Crippen LogP contribution in [0.2, 0.25) is 0 Å². The van der Waals surface area contributed by atoms with E-state index in [0.717, 1.165) is 23.6 Å². The molecule has 3 N–H and O–H groups in total. The van der Waals surface area contributed by atoms with Crippen molar-refractivity contribution in [2.45, 2.75) is 51.3 Å². The molecule has 0 bridgehead atoms. The van der Waals surface area contributed by atoms with E-state index in [4.69, 9.17) is 9.47 Å². The van der Waals surface area contributed by atoms with Gasteiger partial charge in [-0.3, -0.25) is 4.79 Å². The van der Waals surface area contributed by atoms with Gasteiger partial charge in [0.1, 0.15) is 11.6 Å². The van der Waals surface area contributed by atoms with Crippen LogP contribution in [0.4, 0.5) is 8.78 Å². The molecule has 196 valence electrons. The van der Waals surface area contributed by atoms with Gasteiger partial charge in [0, 0.05) is 25.6 Å². The van der Waals surface area contributed by atoms with Crippen molar-refractivity contribution in [2.24, 2.45) is 0 Å². The molecular formula is C29H32F2N2O4. The molecule has 0 aromatic heterocycles. The summed E-state index contributed by atoms with van der Waals surface area (Å²) >= 11 is 0. The van der Waals surface area contributed by atoms with Crippen molar-refractivity contribution >= 4 is 5.91 Å². The molecule has 3 aromatic carbocycles. The van der Waals surface area contributed by atoms with E-state index < -0.39 is 23.8 Å². The van der Waals surface area contributed by atoms with Crippen molar-refractivity contribution in [1.82, 2.24) is 10.6 Å². The van der Waals surface area contributed by atoms with Gasteiger partial charge in [-0.05, 0) is 65.8 Å². The second-order valence-electron chi connectivity index (χ2n) is 9.22. The number of benzene rings is 3. The molecule has 8 heteroatoms. The molecular weight excluding hydrogens is 478 g/mol. The van der Waals surface area contributed by atoms with E-state index in [9.17, 15) is 18.7 Å². The molecule has 0 aliphatic carbocycles. The summed E-state index contributed by atoms with van der Waals surface area (Å²) in [7, 11) is 0. The average Bonchev–Trinajstić information content (AvgIpc) is 3.34. The summed E-state index contributed by atoms with van der Waals surface area (Å²) in [5, 5.41) is 17.0. The summed E-state index contributed by atoms with van der Waals surface area (Å²) in [5.74, 6) is -0.352. The zero-order chi connectivity index (χ0) is 26.2. The monoisotopic (exact) mass is 510 g/mol. The smallest absolute Gasteiger partial charge is 0.231 e. The Hall–Kier alpha value is -3.49. The molecule has 0 saturated carbocycles. The molecule has 3 aromatic rings. The molecule has 0 spiro atoms. The number of aliphatic hydroxyl groups is 1. The van der Waals surface area contributed by atoms with E-state index in [1.54, 1.807) is 0 Å². The lowest BCUT2D eigenvalue weighted by Crippen LogP contribution is -2.48. The van der Waals surface area contributed by atoms with Crippen molar-refractivity contribution in [3.63, 3.8) is 0 Å². The van der Waals surface area contributed by atoms with Crippen LogP contribution in [-0.2, 0) is 30.6 Å². The van der Waals surface area contributed by atoms with E-state index >= 15 is 0 Å². The number of carbonyl (C=O) groups is 1. The number of nitrogens with one attached hydrogen (secondary N) is 2. The third-order valence-corrected chi connectivity index (χ3v) is 6.35. The van der Waals surface area contributed by atoms with E-state index in [1.165, 1.54) is 17.7 Å². The van der Waals surface area contributed by atoms with Gasteiger partial charge in [0.15, 0.2) is 11.5 Å². The normalized spacial score (nSPS) is 13.8. The topological polar surface area (TPSA) is 79.8 Å². The highest BCUT2D eigenvalue weighted by Crippen LogP contribution is 2.32. The summed E-state index contributed by atoms with van der Waals surface area (Å²) < 4.78 is 38.3. The van der Waals surface area contributed by atoms with Crippen molar-refractivity contribution < 1.29 is 28.2 Å². The maximum Gasteiger partial charge on any atom is 0.231 e. The Morgan fingerprint density at radius 2 is 1.70 bits per heavy atom. The first-order valence-electron chi connectivity index (χ1n) is 12.5. The number of hydrogen-bond acceptors (Lipinski definition) is 5. The van der Waals surface area contributed by atoms with Gasteiger partial charge in [0.25, 0.3) is 0 Å². The molecule has 0 saturated heterocycles. The van der Waals surface area contributed by atoms with Crippen molar-refractivity contribution in [3.8, 4) is 11.5 Å². The van der Waals surface area contributed by atoms with Crippen LogP contribution < -0.4 is 20.1 Å². The quantitative estimate of drug-likeness (QED) is 0.342. The predicted octanol–water partition coefficient (Wildman–Crippen LogP) is 4.07. The molecule has 6 nitrogen and oxygen atoms in total. The van der Waals surface area contributed by atoms with E-state index in [-0.39, 0.29) is 32.1 Å². The van der Waals surface area contributed by atoms with Crippen LogP contribution in [0.5, 0.6) is 11.5 Å². The summed E-state index contributed by atoms with van der Waals surface area (Å²) in [6.07, 6.45) is 0.679. The van der Waals surface area contributed by atoms with Gasteiger partial charge in [0.2, 0.25) is 12.7 Å². The summed E-state index contributed by atoms with van der Waals surface area (Å²) in [6.45, 7) is 3.01. The van der Waals surface area contributed by atoms with Crippen LogP contribution in [0.15, 0.2) is 60.7 Å². The second-order valence-corrected chi connectivity index (χ2v) is 9.22. The number of rotatable bonds is 12. The lowest BCUT2D eigenvalue weighted by molar-refractivity contribution is -0.122. The summed E-state index contributed by atoms with van der Waals surface area (Å²) in [5.41, 5.74) is 3.58. The fourth-order valence-corrected chi connectivity index (χ4v) is 4.37. The molecule has 1 amide bonds. The fraction of sp³-hybridized carbons (Fsp3) is 0.345. The highest BCUT2D eigenvalue weighted by atomic mass is 19.1. The Kier molecular flexibility index (Phi) is 9.09. The third-order valence-electron chi connectivity index (χ3n) is 6.35. The van der Waals surface area contributed by atoms with Gasteiger partial charge in [0.05, 0.1) is 12.1 Å². The molecule has 0 radical (unpaired) electrons. The van der Waals surface area contributed by atoms with Crippen LogP contribution >= 0.6 is 0 Å². The van der Waals surface area contributed by atoms with Crippen LogP contribution in [0.1, 0.15) is 35.6 Å². The molecule has 37 heavy (non-hydrogen) atoms.